The Hall–Kier alpha value is -3.64. The van der Waals surface area contributed by atoms with Gasteiger partial charge in [0.2, 0.25) is 0 Å². The van der Waals surface area contributed by atoms with Crippen molar-refractivity contribution in [3.05, 3.63) is 93.8 Å². The Labute approximate surface area is 209 Å². The number of aryl methyl sites for hydroxylation is 1. The van der Waals surface area contributed by atoms with Gasteiger partial charge in [-0.1, -0.05) is 32.4 Å². The standard InChI is InChI=1S/C28H27ClN2O4/c1-16-14-19(29)7-8-21(16)31-24(17-10-12-30-13-11-17)23(26(33)27(31)34)25(32)18-6-9-22(35-5)20(15-18)28(2,3)4/h6-15,24,32H,1-5H3/b25-23-. The molecule has 0 spiro atoms. The first-order valence-corrected chi connectivity index (χ1v) is 11.6. The number of nitrogens with zero attached hydrogens (tertiary/aromatic N) is 2. The van der Waals surface area contributed by atoms with Gasteiger partial charge in [0.15, 0.2) is 0 Å². The van der Waals surface area contributed by atoms with Crippen LogP contribution in [0, 0.1) is 6.92 Å². The van der Waals surface area contributed by atoms with E-state index in [2.05, 4.69) is 4.98 Å². The maximum Gasteiger partial charge on any atom is 0.300 e. The number of halogens is 1. The maximum atomic E-state index is 13.4. The first-order valence-electron chi connectivity index (χ1n) is 11.2. The summed E-state index contributed by atoms with van der Waals surface area (Å²) in [6.45, 7) is 7.93. The van der Waals surface area contributed by atoms with E-state index in [0.717, 1.165) is 11.1 Å². The van der Waals surface area contributed by atoms with Gasteiger partial charge < -0.3 is 9.84 Å². The minimum absolute atomic E-state index is 0.0144. The molecule has 0 bridgehead atoms. The molecule has 1 saturated heterocycles. The third-order valence-electron chi connectivity index (χ3n) is 6.17. The third kappa shape index (κ3) is 4.42. The number of pyridine rings is 1. The summed E-state index contributed by atoms with van der Waals surface area (Å²) in [7, 11) is 1.59. The van der Waals surface area contributed by atoms with E-state index < -0.39 is 17.7 Å². The van der Waals surface area contributed by atoms with Crippen LogP contribution in [0.4, 0.5) is 5.69 Å². The monoisotopic (exact) mass is 490 g/mol. The van der Waals surface area contributed by atoms with E-state index in [4.69, 9.17) is 16.3 Å². The molecule has 0 radical (unpaired) electrons. The van der Waals surface area contributed by atoms with Gasteiger partial charge in [-0.2, -0.15) is 0 Å². The fourth-order valence-corrected chi connectivity index (χ4v) is 4.65. The molecule has 1 aromatic heterocycles. The van der Waals surface area contributed by atoms with Crippen LogP contribution in [0.2, 0.25) is 5.02 Å². The number of carbonyl (C=O) groups excluding carboxylic acids is 2. The molecule has 1 aliphatic rings. The topological polar surface area (TPSA) is 79.7 Å². The minimum atomic E-state index is -0.835. The van der Waals surface area contributed by atoms with Crippen LogP contribution < -0.4 is 9.64 Å². The van der Waals surface area contributed by atoms with Gasteiger partial charge in [0.25, 0.3) is 11.7 Å². The van der Waals surface area contributed by atoms with E-state index in [9.17, 15) is 14.7 Å². The molecule has 0 saturated carbocycles. The van der Waals surface area contributed by atoms with Crippen LogP contribution in [0.5, 0.6) is 5.75 Å². The molecule has 0 aliphatic carbocycles. The summed E-state index contributed by atoms with van der Waals surface area (Å²) in [5.74, 6) is -1.04. The van der Waals surface area contributed by atoms with Crippen molar-refractivity contribution < 1.29 is 19.4 Å². The predicted molar refractivity (Wildman–Crippen MR) is 137 cm³/mol. The number of methoxy groups -OCH3 is 1. The lowest BCUT2D eigenvalue weighted by atomic mass is 9.84. The van der Waals surface area contributed by atoms with E-state index in [-0.39, 0.29) is 16.7 Å². The second-order valence-electron chi connectivity index (χ2n) is 9.55. The van der Waals surface area contributed by atoms with Crippen molar-refractivity contribution in [3.63, 3.8) is 0 Å². The zero-order valence-corrected chi connectivity index (χ0v) is 21.1. The second kappa shape index (κ2) is 9.19. The number of carbonyl (C=O) groups is 2. The van der Waals surface area contributed by atoms with Crippen molar-refractivity contribution in [2.24, 2.45) is 0 Å². The lowest BCUT2D eigenvalue weighted by Crippen LogP contribution is -2.30. The fourth-order valence-electron chi connectivity index (χ4n) is 4.43. The molecule has 1 N–H and O–H groups in total. The van der Waals surface area contributed by atoms with E-state index in [1.54, 1.807) is 68.0 Å². The molecule has 35 heavy (non-hydrogen) atoms. The number of ether oxygens (including phenoxy) is 1. The summed E-state index contributed by atoms with van der Waals surface area (Å²) in [5.41, 5.74) is 2.96. The fraction of sp³-hybridized carbons (Fsp3) is 0.250. The third-order valence-corrected chi connectivity index (χ3v) is 6.40. The van der Waals surface area contributed by atoms with Gasteiger partial charge in [0.1, 0.15) is 11.5 Å². The number of aliphatic hydroxyl groups is 1. The molecule has 1 atom stereocenters. The molecule has 6 nitrogen and oxygen atoms in total. The minimum Gasteiger partial charge on any atom is -0.507 e. The largest absolute Gasteiger partial charge is 0.507 e. The molecular weight excluding hydrogens is 464 g/mol. The van der Waals surface area contributed by atoms with E-state index in [1.807, 2.05) is 27.7 Å². The molecule has 4 rings (SSSR count). The quantitative estimate of drug-likeness (QED) is 0.276. The van der Waals surface area contributed by atoms with Crippen molar-refractivity contribution in [1.29, 1.82) is 0 Å². The Bertz CT molecular complexity index is 1340. The lowest BCUT2D eigenvalue weighted by molar-refractivity contribution is -0.132. The number of hydrogen-bond donors (Lipinski definition) is 1. The number of rotatable bonds is 4. The van der Waals surface area contributed by atoms with E-state index >= 15 is 0 Å². The number of benzene rings is 2. The van der Waals surface area contributed by atoms with E-state index in [1.165, 1.54) is 4.90 Å². The average Bonchev–Trinajstić information content (AvgIpc) is 3.08. The first kappa shape index (κ1) is 24.5. The van der Waals surface area contributed by atoms with Crippen molar-refractivity contribution in [2.45, 2.75) is 39.2 Å². The number of ketones is 1. The molecule has 2 aromatic carbocycles. The number of amides is 1. The van der Waals surface area contributed by atoms with Crippen molar-refractivity contribution in [3.8, 4) is 5.75 Å². The summed E-state index contributed by atoms with van der Waals surface area (Å²) in [5, 5.41) is 12.0. The summed E-state index contributed by atoms with van der Waals surface area (Å²) < 4.78 is 5.51. The molecule has 1 unspecified atom stereocenters. The smallest absolute Gasteiger partial charge is 0.300 e. The molecule has 180 valence electrons. The molecule has 3 aromatic rings. The Morgan fingerprint density at radius 3 is 2.34 bits per heavy atom. The van der Waals surface area contributed by atoms with Gasteiger partial charge in [-0.3, -0.25) is 19.5 Å². The molecule has 7 heteroatoms. The normalized spacial score (nSPS) is 17.7. The first-order chi connectivity index (χ1) is 16.5. The van der Waals surface area contributed by atoms with Gasteiger partial charge in [-0.25, -0.2) is 0 Å². The van der Waals surface area contributed by atoms with E-state index in [0.29, 0.717) is 27.6 Å². The zero-order valence-electron chi connectivity index (χ0n) is 20.3. The highest BCUT2D eigenvalue weighted by molar-refractivity contribution is 6.51. The summed E-state index contributed by atoms with van der Waals surface area (Å²) in [6.07, 6.45) is 3.19. The Morgan fingerprint density at radius 1 is 1.06 bits per heavy atom. The van der Waals surface area contributed by atoms with Gasteiger partial charge in [-0.05, 0) is 72.0 Å². The summed E-state index contributed by atoms with van der Waals surface area (Å²) in [4.78, 5) is 32.2. The number of aromatic nitrogens is 1. The second-order valence-corrected chi connectivity index (χ2v) is 9.98. The Morgan fingerprint density at radius 2 is 1.74 bits per heavy atom. The maximum absolute atomic E-state index is 13.4. The summed E-state index contributed by atoms with van der Waals surface area (Å²) in [6, 6.07) is 13.0. The van der Waals surface area contributed by atoms with Gasteiger partial charge >= 0.3 is 0 Å². The van der Waals surface area contributed by atoms with Gasteiger partial charge in [-0.15, -0.1) is 0 Å². The zero-order chi connectivity index (χ0) is 25.5. The molecule has 1 amide bonds. The molecule has 1 aliphatic heterocycles. The lowest BCUT2D eigenvalue weighted by Gasteiger charge is -2.27. The van der Waals surface area contributed by atoms with Crippen LogP contribution in [0.25, 0.3) is 5.76 Å². The Kier molecular flexibility index (Phi) is 6.43. The van der Waals surface area contributed by atoms with Crippen molar-refractivity contribution in [2.75, 3.05) is 12.0 Å². The summed E-state index contributed by atoms with van der Waals surface area (Å²) >= 11 is 6.14. The highest BCUT2D eigenvalue weighted by Gasteiger charge is 2.47. The van der Waals surface area contributed by atoms with Crippen molar-refractivity contribution >= 4 is 34.7 Å². The predicted octanol–water partition coefficient (Wildman–Crippen LogP) is 5.98. The molecule has 2 heterocycles. The van der Waals surface area contributed by atoms with Crippen LogP contribution in [0.1, 0.15) is 49.1 Å². The SMILES string of the molecule is COc1ccc(/C(O)=C2/C(=O)C(=O)N(c3ccc(Cl)cc3C)C2c2ccncc2)cc1C(C)(C)C. The Balaban J connectivity index is 1.97. The van der Waals surface area contributed by atoms with Gasteiger partial charge in [0, 0.05) is 34.2 Å². The van der Waals surface area contributed by atoms with Crippen LogP contribution in [0.3, 0.4) is 0 Å². The van der Waals surface area contributed by atoms with Crippen LogP contribution in [-0.4, -0.2) is 28.9 Å². The van der Waals surface area contributed by atoms with Crippen LogP contribution in [0.15, 0.2) is 66.5 Å². The van der Waals surface area contributed by atoms with Crippen LogP contribution in [-0.2, 0) is 15.0 Å². The van der Waals surface area contributed by atoms with Crippen molar-refractivity contribution in [1.82, 2.24) is 4.98 Å². The number of hydrogen-bond acceptors (Lipinski definition) is 5. The number of aliphatic hydroxyl groups excluding tert-OH is 1. The number of anilines is 1. The van der Waals surface area contributed by atoms with Crippen LogP contribution >= 0.6 is 11.6 Å². The highest BCUT2D eigenvalue weighted by atomic mass is 35.5. The highest BCUT2D eigenvalue weighted by Crippen LogP contribution is 2.44. The number of Topliss-reactive ketones (excluding diaryl/α,β-unsaturated/α-hetero) is 1. The molecular formula is C28H27ClN2O4. The van der Waals surface area contributed by atoms with Gasteiger partial charge in [0.05, 0.1) is 18.7 Å². The molecule has 1 fully saturated rings. The average molecular weight is 491 g/mol.